The summed E-state index contributed by atoms with van der Waals surface area (Å²) in [5, 5.41) is 0. The summed E-state index contributed by atoms with van der Waals surface area (Å²) in [6, 6.07) is 0. The Bertz CT molecular complexity index is 764. The Labute approximate surface area is 195 Å². The van der Waals surface area contributed by atoms with Gasteiger partial charge in [-0.2, -0.15) is 12.6 Å². The van der Waals surface area contributed by atoms with Gasteiger partial charge in [0.2, 0.25) is 0 Å². The van der Waals surface area contributed by atoms with E-state index in [1.54, 1.807) is 0 Å². The van der Waals surface area contributed by atoms with Crippen molar-refractivity contribution in [3.8, 4) is 0 Å². The highest BCUT2D eigenvalue weighted by atomic mass is 32.1. The highest BCUT2D eigenvalue weighted by Crippen LogP contribution is 2.60. The molecule has 1 saturated heterocycles. The van der Waals surface area contributed by atoms with Crippen molar-refractivity contribution < 1.29 is 28.6 Å². The summed E-state index contributed by atoms with van der Waals surface area (Å²) < 4.78 is 17.3. The zero-order valence-corrected chi connectivity index (χ0v) is 20.1. The van der Waals surface area contributed by atoms with Crippen molar-refractivity contribution in [1.29, 1.82) is 0 Å². The van der Waals surface area contributed by atoms with Gasteiger partial charge in [-0.3, -0.25) is 14.4 Å². The molecule has 0 amide bonds. The van der Waals surface area contributed by atoms with E-state index >= 15 is 0 Å². The lowest BCUT2D eigenvalue weighted by Crippen LogP contribution is -2.48. The number of ether oxygens (including phenoxy) is 3. The van der Waals surface area contributed by atoms with Gasteiger partial charge < -0.3 is 14.2 Å². The third kappa shape index (κ3) is 3.57. The van der Waals surface area contributed by atoms with Crippen LogP contribution >= 0.6 is 12.6 Å². The number of esters is 3. The molecule has 4 bridgehead atoms. The molecule has 1 aliphatic heterocycles. The molecule has 8 unspecified atom stereocenters. The Morgan fingerprint density at radius 3 is 2.50 bits per heavy atom. The first-order valence-corrected chi connectivity index (χ1v) is 13.2. The molecule has 1 heterocycles. The SMILES string of the molecule is CCC1(C(=O)OC2C3CC4C2OC(=O)C4C3C(=O)OCCCS)CC2CC(C)CC(C2)C1. The van der Waals surface area contributed by atoms with Gasteiger partial charge >= 0.3 is 17.9 Å². The first kappa shape index (κ1) is 22.5. The van der Waals surface area contributed by atoms with Crippen LogP contribution in [0.3, 0.4) is 0 Å². The fourth-order valence-corrected chi connectivity index (χ4v) is 8.20. The maximum absolute atomic E-state index is 13.7. The molecule has 7 heteroatoms. The fraction of sp³-hybridized carbons (Fsp3) is 0.880. The molecule has 0 aromatic carbocycles. The molecular formula is C25H36O6S. The molecule has 178 valence electrons. The van der Waals surface area contributed by atoms with Gasteiger partial charge in [-0.1, -0.05) is 13.8 Å². The highest BCUT2D eigenvalue weighted by molar-refractivity contribution is 7.80. The number of rotatable bonds is 7. The first-order chi connectivity index (χ1) is 15.4. The smallest absolute Gasteiger partial charge is 0.312 e. The van der Waals surface area contributed by atoms with E-state index in [1.807, 2.05) is 0 Å². The Hall–Kier alpha value is -1.24. The van der Waals surface area contributed by atoms with Crippen LogP contribution in [0.25, 0.3) is 0 Å². The average molecular weight is 465 g/mol. The predicted octanol–water partition coefficient (Wildman–Crippen LogP) is 3.81. The average Bonchev–Trinajstić information content (AvgIpc) is 3.36. The molecule has 0 aromatic heterocycles. The van der Waals surface area contributed by atoms with Gasteiger partial charge in [-0.05, 0) is 74.9 Å². The molecule has 0 spiro atoms. The topological polar surface area (TPSA) is 78.9 Å². The second-order valence-corrected chi connectivity index (χ2v) is 11.7. The van der Waals surface area contributed by atoms with E-state index in [0.717, 1.165) is 25.2 Å². The molecule has 5 aliphatic rings. The number of carbonyl (C=O) groups excluding carboxylic acids is 3. The summed E-state index contributed by atoms with van der Waals surface area (Å²) in [5.41, 5.74) is -0.444. The zero-order valence-electron chi connectivity index (χ0n) is 19.2. The Morgan fingerprint density at radius 2 is 1.84 bits per heavy atom. The molecule has 0 aromatic rings. The van der Waals surface area contributed by atoms with Crippen molar-refractivity contribution >= 4 is 30.5 Å². The lowest BCUT2D eigenvalue weighted by atomic mass is 9.58. The van der Waals surface area contributed by atoms with Crippen molar-refractivity contribution in [3.05, 3.63) is 0 Å². The molecule has 32 heavy (non-hydrogen) atoms. The zero-order chi connectivity index (χ0) is 22.6. The Kier molecular flexibility index (Phi) is 6.00. The third-order valence-corrected chi connectivity index (χ3v) is 9.53. The minimum atomic E-state index is -0.562. The number of hydrogen-bond donors (Lipinski definition) is 1. The molecule has 4 aliphatic carbocycles. The van der Waals surface area contributed by atoms with E-state index in [2.05, 4.69) is 26.5 Å². The standard InChI is InChI=1S/C25H36O6S/c1-3-25(11-14-7-13(2)8-15(9-14)12-25)24(28)31-21-16-10-17-19(23(27)30-20(17)21)18(16)22(26)29-5-4-6-32/h13-21,32H,3-12H2,1-2H3. The number of hydrogen-bond acceptors (Lipinski definition) is 7. The minimum absolute atomic E-state index is 0.0445. The van der Waals surface area contributed by atoms with E-state index in [1.165, 1.54) is 19.3 Å². The van der Waals surface area contributed by atoms with Crippen LogP contribution < -0.4 is 0 Å². The lowest BCUT2D eigenvalue weighted by molar-refractivity contribution is -0.180. The Morgan fingerprint density at radius 1 is 1.12 bits per heavy atom. The lowest BCUT2D eigenvalue weighted by Gasteiger charge is -2.47. The van der Waals surface area contributed by atoms with Crippen molar-refractivity contribution in [2.24, 2.45) is 46.8 Å². The van der Waals surface area contributed by atoms with Gasteiger partial charge in [-0.15, -0.1) is 0 Å². The van der Waals surface area contributed by atoms with Crippen LogP contribution in [0.5, 0.6) is 0 Å². The summed E-state index contributed by atoms with van der Waals surface area (Å²) >= 11 is 4.16. The molecule has 5 rings (SSSR count). The van der Waals surface area contributed by atoms with E-state index in [0.29, 0.717) is 37.0 Å². The highest BCUT2D eigenvalue weighted by Gasteiger charge is 2.70. The predicted molar refractivity (Wildman–Crippen MR) is 120 cm³/mol. The normalized spacial score (nSPS) is 46.1. The second kappa shape index (κ2) is 8.52. The van der Waals surface area contributed by atoms with Crippen LogP contribution in [-0.2, 0) is 28.6 Å². The van der Waals surface area contributed by atoms with Crippen molar-refractivity contribution in [2.45, 2.75) is 77.4 Å². The van der Waals surface area contributed by atoms with Crippen LogP contribution in [0.2, 0.25) is 0 Å². The summed E-state index contributed by atoms with van der Waals surface area (Å²) in [6.07, 6.45) is 6.62. The van der Waals surface area contributed by atoms with E-state index < -0.39 is 29.5 Å². The molecule has 8 atom stereocenters. The van der Waals surface area contributed by atoms with Gasteiger partial charge in [0.25, 0.3) is 0 Å². The van der Waals surface area contributed by atoms with Crippen LogP contribution in [0.15, 0.2) is 0 Å². The monoisotopic (exact) mass is 464 g/mol. The first-order valence-electron chi connectivity index (χ1n) is 12.6. The van der Waals surface area contributed by atoms with Gasteiger partial charge in [0.15, 0.2) is 0 Å². The van der Waals surface area contributed by atoms with Crippen LogP contribution in [-0.4, -0.2) is 42.5 Å². The van der Waals surface area contributed by atoms with Gasteiger partial charge in [0, 0.05) is 11.8 Å². The van der Waals surface area contributed by atoms with E-state index in [-0.39, 0.29) is 29.7 Å². The molecule has 4 saturated carbocycles. The summed E-state index contributed by atoms with van der Waals surface area (Å²) in [5.74, 6) is 0.495. The number of carbonyl (C=O) groups is 3. The molecule has 5 fully saturated rings. The van der Waals surface area contributed by atoms with E-state index in [9.17, 15) is 14.4 Å². The number of thiol groups is 1. The second-order valence-electron chi connectivity index (χ2n) is 11.2. The molecule has 0 radical (unpaired) electrons. The summed E-state index contributed by atoms with van der Waals surface area (Å²) in [6.45, 7) is 4.72. The van der Waals surface area contributed by atoms with Crippen molar-refractivity contribution in [3.63, 3.8) is 0 Å². The molecule has 6 nitrogen and oxygen atoms in total. The maximum Gasteiger partial charge on any atom is 0.312 e. The maximum atomic E-state index is 13.7. The van der Waals surface area contributed by atoms with E-state index in [4.69, 9.17) is 14.2 Å². The van der Waals surface area contributed by atoms with Crippen molar-refractivity contribution in [2.75, 3.05) is 12.4 Å². The third-order valence-electron chi connectivity index (χ3n) is 9.21. The van der Waals surface area contributed by atoms with Gasteiger partial charge in [-0.25, -0.2) is 0 Å². The summed E-state index contributed by atoms with van der Waals surface area (Å²) in [7, 11) is 0. The van der Waals surface area contributed by atoms with Gasteiger partial charge in [0.05, 0.1) is 23.9 Å². The largest absolute Gasteiger partial charge is 0.465 e. The molecule has 0 N–H and O–H groups in total. The van der Waals surface area contributed by atoms with Crippen LogP contribution in [0.4, 0.5) is 0 Å². The summed E-state index contributed by atoms with van der Waals surface area (Å²) in [4.78, 5) is 39.1. The number of fused-ring (bicyclic) bond motifs is 3. The Balaban J connectivity index is 1.32. The fourth-order valence-electron chi connectivity index (χ4n) is 8.07. The quantitative estimate of drug-likeness (QED) is 0.267. The van der Waals surface area contributed by atoms with Crippen LogP contribution in [0.1, 0.15) is 65.2 Å². The molecular weight excluding hydrogens is 428 g/mol. The van der Waals surface area contributed by atoms with Crippen LogP contribution in [0, 0.1) is 46.8 Å². The van der Waals surface area contributed by atoms with Crippen molar-refractivity contribution in [1.82, 2.24) is 0 Å². The minimum Gasteiger partial charge on any atom is -0.465 e. The van der Waals surface area contributed by atoms with Gasteiger partial charge in [0.1, 0.15) is 12.2 Å².